The van der Waals surface area contributed by atoms with Crippen LogP contribution in [-0.4, -0.2) is 38.0 Å². The van der Waals surface area contributed by atoms with Crippen LogP contribution < -0.4 is 5.73 Å². The number of morpholine rings is 1. The molecule has 2 unspecified atom stereocenters. The number of benzene rings is 1. The molecule has 2 rings (SSSR count). The maximum Gasteiger partial charge on any atom is 0.243 e. The molecule has 6 heteroatoms. The molecule has 0 amide bonds. The van der Waals surface area contributed by atoms with Crippen LogP contribution in [0.1, 0.15) is 25.8 Å². The average molecular weight is 298 g/mol. The molecule has 20 heavy (non-hydrogen) atoms. The van der Waals surface area contributed by atoms with Gasteiger partial charge in [-0.25, -0.2) is 8.42 Å². The van der Waals surface area contributed by atoms with Crippen LogP contribution in [0.2, 0.25) is 0 Å². The van der Waals surface area contributed by atoms with Crippen LogP contribution in [-0.2, 0) is 21.3 Å². The van der Waals surface area contributed by atoms with Crippen molar-refractivity contribution in [3.63, 3.8) is 0 Å². The highest BCUT2D eigenvalue weighted by atomic mass is 32.2. The van der Waals surface area contributed by atoms with Crippen molar-refractivity contribution in [2.75, 3.05) is 13.2 Å². The van der Waals surface area contributed by atoms with Crippen molar-refractivity contribution >= 4 is 10.0 Å². The first kappa shape index (κ1) is 15.4. The maximum atomic E-state index is 12.8. The fourth-order valence-electron chi connectivity index (χ4n) is 2.40. The molecule has 1 saturated heterocycles. The summed E-state index contributed by atoms with van der Waals surface area (Å²) >= 11 is 0. The lowest BCUT2D eigenvalue weighted by Gasteiger charge is -2.37. The standard InChI is InChI=1S/C14H22N2O3S/c1-3-13-10-19-11(2)9-16(13)20(17,18)14-6-4-5-12(7-14)8-15/h4-7,11,13H,3,8-10,15H2,1-2H3. The lowest BCUT2D eigenvalue weighted by molar-refractivity contribution is -0.0230. The van der Waals surface area contributed by atoms with Crippen molar-refractivity contribution in [2.45, 2.75) is 43.9 Å². The first-order chi connectivity index (χ1) is 9.48. The summed E-state index contributed by atoms with van der Waals surface area (Å²) in [6.45, 7) is 5.05. The summed E-state index contributed by atoms with van der Waals surface area (Å²) < 4.78 is 32.7. The molecule has 1 aromatic rings. The van der Waals surface area contributed by atoms with Gasteiger partial charge in [0.1, 0.15) is 0 Å². The molecule has 0 radical (unpaired) electrons. The second kappa shape index (κ2) is 6.22. The predicted molar refractivity (Wildman–Crippen MR) is 77.7 cm³/mol. The van der Waals surface area contributed by atoms with Crippen LogP contribution in [0.15, 0.2) is 29.2 Å². The molecule has 2 N–H and O–H groups in total. The van der Waals surface area contributed by atoms with Gasteiger partial charge in [0.15, 0.2) is 0 Å². The predicted octanol–water partition coefficient (Wildman–Crippen LogP) is 1.33. The highest BCUT2D eigenvalue weighted by Crippen LogP contribution is 2.24. The van der Waals surface area contributed by atoms with Gasteiger partial charge < -0.3 is 10.5 Å². The van der Waals surface area contributed by atoms with E-state index in [1.165, 1.54) is 0 Å². The van der Waals surface area contributed by atoms with Gasteiger partial charge in [-0.05, 0) is 31.0 Å². The minimum Gasteiger partial charge on any atom is -0.375 e. The molecule has 2 atom stereocenters. The number of rotatable bonds is 4. The Labute approximate surface area is 120 Å². The first-order valence-corrected chi connectivity index (χ1v) is 8.35. The Morgan fingerprint density at radius 3 is 2.85 bits per heavy atom. The van der Waals surface area contributed by atoms with Gasteiger partial charge in [0.05, 0.1) is 17.6 Å². The van der Waals surface area contributed by atoms with Crippen LogP contribution in [0.4, 0.5) is 0 Å². The topological polar surface area (TPSA) is 72.6 Å². The van der Waals surface area contributed by atoms with Crippen molar-refractivity contribution in [3.8, 4) is 0 Å². The smallest absolute Gasteiger partial charge is 0.243 e. The lowest BCUT2D eigenvalue weighted by Crippen LogP contribution is -2.51. The molecule has 0 aromatic heterocycles. The molecule has 0 aliphatic carbocycles. The largest absolute Gasteiger partial charge is 0.375 e. The van der Waals surface area contributed by atoms with E-state index in [1.807, 2.05) is 19.9 Å². The number of hydrogen-bond acceptors (Lipinski definition) is 4. The Hall–Kier alpha value is -0.950. The second-order valence-electron chi connectivity index (χ2n) is 5.13. The van der Waals surface area contributed by atoms with Crippen LogP contribution in [0, 0.1) is 0 Å². The summed E-state index contributed by atoms with van der Waals surface area (Å²) in [5.74, 6) is 0. The Morgan fingerprint density at radius 1 is 1.45 bits per heavy atom. The summed E-state index contributed by atoms with van der Waals surface area (Å²) in [5, 5.41) is 0. The average Bonchev–Trinajstić information content (AvgIpc) is 2.47. The monoisotopic (exact) mass is 298 g/mol. The van der Waals surface area contributed by atoms with E-state index in [0.29, 0.717) is 24.6 Å². The third-order valence-corrected chi connectivity index (χ3v) is 5.54. The second-order valence-corrected chi connectivity index (χ2v) is 7.02. The summed E-state index contributed by atoms with van der Waals surface area (Å²) in [5.41, 5.74) is 6.41. The highest BCUT2D eigenvalue weighted by molar-refractivity contribution is 7.89. The van der Waals surface area contributed by atoms with E-state index in [-0.39, 0.29) is 12.1 Å². The Morgan fingerprint density at radius 2 is 2.20 bits per heavy atom. The van der Waals surface area contributed by atoms with Crippen molar-refractivity contribution in [1.82, 2.24) is 4.31 Å². The first-order valence-electron chi connectivity index (χ1n) is 6.91. The van der Waals surface area contributed by atoms with Gasteiger partial charge in [-0.15, -0.1) is 0 Å². The molecule has 1 heterocycles. The Balaban J connectivity index is 2.36. The zero-order valence-corrected chi connectivity index (χ0v) is 12.8. The Kier molecular flexibility index (Phi) is 4.80. The fourth-order valence-corrected chi connectivity index (χ4v) is 4.23. The number of ether oxygens (including phenoxy) is 1. The van der Waals surface area contributed by atoms with E-state index < -0.39 is 10.0 Å². The molecule has 5 nitrogen and oxygen atoms in total. The Bertz CT molecular complexity index is 559. The van der Waals surface area contributed by atoms with Crippen molar-refractivity contribution in [2.24, 2.45) is 5.73 Å². The van der Waals surface area contributed by atoms with E-state index in [2.05, 4.69) is 0 Å². The third-order valence-electron chi connectivity index (χ3n) is 3.63. The number of nitrogens with two attached hydrogens (primary N) is 1. The van der Waals surface area contributed by atoms with Crippen LogP contribution in [0.3, 0.4) is 0 Å². The summed E-state index contributed by atoms with van der Waals surface area (Å²) in [6, 6.07) is 6.75. The van der Waals surface area contributed by atoms with Crippen molar-refractivity contribution < 1.29 is 13.2 Å². The number of nitrogens with zero attached hydrogens (tertiary/aromatic N) is 1. The van der Waals surface area contributed by atoms with Gasteiger partial charge in [0.25, 0.3) is 0 Å². The quantitative estimate of drug-likeness (QED) is 0.910. The molecule has 0 bridgehead atoms. The SMILES string of the molecule is CCC1COC(C)CN1S(=O)(=O)c1cccc(CN)c1. The fraction of sp³-hybridized carbons (Fsp3) is 0.571. The number of sulfonamides is 1. The van der Waals surface area contributed by atoms with Crippen LogP contribution >= 0.6 is 0 Å². The van der Waals surface area contributed by atoms with E-state index in [9.17, 15) is 8.42 Å². The molecular weight excluding hydrogens is 276 g/mol. The van der Waals surface area contributed by atoms with Gasteiger partial charge >= 0.3 is 0 Å². The molecule has 1 fully saturated rings. The van der Waals surface area contributed by atoms with E-state index >= 15 is 0 Å². The lowest BCUT2D eigenvalue weighted by atomic mass is 10.2. The molecule has 0 saturated carbocycles. The zero-order valence-electron chi connectivity index (χ0n) is 12.0. The van der Waals surface area contributed by atoms with E-state index in [4.69, 9.17) is 10.5 Å². The van der Waals surface area contributed by atoms with Crippen LogP contribution in [0.5, 0.6) is 0 Å². The molecular formula is C14H22N2O3S. The summed E-state index contributed by atoms with van der Waals surface area (Å²) in [6.07, 6.45) is 0.660. The molecule has 1 aromatic carbocycles. The van der Waals surface area contributed by atoms with Gasteiger partial charge in [-0.2, -0.15) is 4.31 Å². The van der Waals surface area contributed by atoms with Gasteiger partial charge in [0.2, 0.25) is 10.0 Å². The summed E-state index contributed by atoms with van der Waals surface area (Å²) in [4.78, 5) is 0.313. The number of hydrogen-bond donors (Lipinski definition) is 1. The van der Waals surface area contributed by atoms with Gasteiger partial charge in [-0.3, -0.25) is 0 Å². The normalized spacial score (nSPS) is 24.8. The van der Waals surface area contributed by atoms with E-state index in [1.54, 1.807) is 22.5 Å². The molecule has 1 aliphatic heterocycles. The van der Waals surface area contributed by atoms with E-state index in [0.717, 1.165) is 12.0 Å². The highest BCUT2D eigenvalue weighted by Gasteiger charge is 2.35. The van der Waals surface area contributed by atoms with Crippen molar-refractivity contribution in [1.29, 1.82) is 0 Å². The van der Waals surface area contributed by atoms with Gasteiger partial charge in [0, 0.05) is 19.1 Å². The minimum atomic E-state index is -3.49. The minimum absolute atomic E-state index is 0.0785. The van der Waals surface area contributed by atoms with Crippen LogP contribution in [0.25, 0.3) is 0 Å². The van der Waals surface area contributed by atoms with Crippen molar-refractivity contribution in [3.05, 3.63) is 29.8 Å². The molecule has 112 valence electrons. The maximum absolute atomic E-state index is 12.8. The van der Waals surface area contributed by atoms with Gasteiger partial charge in [-0.1, -0.05) is 19.1 Å². The molecule has 0 spiro atoms. The third kappa shape index (κ3) is 3.03. The molecule has 1 aliphatic rings. The summed E-state index contributed by atoms with van der Waals surface area (Å²) in [7, 11) is -3.49. The zero-order chi connectivity index (χ0) is 14.8.